The van der Waals surface area contributed by atoms with E-state index in [1.54, 1.807) is 42.5 Å². The Morgan fingerprint density at radius 2 is 1.88 bits per heavy atom. The van der Waals surface area contributed by atoms with E-state index in [9.17, 15) is 0 Å². The van der Waals surface area contributed by atoms with Gasteiger partial charge >= 0.3 is 0 Å². The molecule has 0 fully saturated rings. The molecule has 0 unspecified atom stereocenters. The van der Waals surface area contributed by atoms with Crippen LogP contribution in [0.1, 0.15) is 5.56 Å². The molecule has 0 aliphatic rings. The van der Waals surface area contributed by atoms with Crippen LogP contribution in [0.2, 0.25) is 5.15 Å². The maximum absolute atomic E-state index is 8.63. The number of halogens is 1. The Balaban J connectivity index is 2.18. The summed E-state index contributed by atoms with van der Waals surface area (Å²) >= 11 is 5.72. The second-order valence-corrected chi connectivity index (χ2v) is 3.42. The molecule has 4 heteroatoms. The molecule has 16 heavy (non-hydrogen) atoms. The average Bonchev–Trinajstić information content (AvgIpc) is 2.30. The Kier molecular flexibility index (Phi) is 3.04. The molecule has 0 radical (unpaired) electrons. The van der Waals surface area contributed by atoms with Crippen molar-refractivity contribution in [1.82, 2.24) is 4.98 Å². The molecule has 0 spiro atoms. The monoisotopic (exact) mass is 230 g/mol. The molecular weight excluding hydrogens is 224 g/mol. The smallest absolute Gasteiger partial charge is 0.220 e. The fourth-order valence-electron chi connectivity index (χ4n) is 1.16. The van der Waals surface area contributed by atoms with Gasteiger partial charge in [-0.2, -0.15) is 5.26 Å². The van der Waals surface area contributed by atoms with Crippen LogP contribution in [0.4, 0.5) is 0 Å². The van der Waals surface area contributed by atoms with E-state index in [2.05, 4.69) is 4.98 Å². The molecule has 0 N–H and O–H groups in total. The fraction of sp³-hybridized carbons (Fsp3) is 0. The van der Waals surface area contributed by atoms with Crippen LogP contribution in [0.25, 0.3) is 0 Å². The van der Waals surface area contributed by atoms with Crippen molar-refractivity contribution in [3.8, 4) is 17.7 Å². The zero-order valence-electron chi connectivity index (χ0n) is 8.22. The topological polar surface area (TPSA) is 45.9 Å². The predicted molar refractivity (Wildman–Crippen MR) is 60.5 cm³/mol. The third kappa shape index (κ3) is 2.50. The highest BCUT2D eigenvalue weighted by Gasteiger charge is 1.99. The van der Waals surface area contributed by atoms with Gasteiger partial charge in [-0.15, -0.1) is 0 Å². The third-order valence-corrected chi connectivity index (χ3v) is 2.11. The van der Waals surface area contributed by atoms with E-state index in [4.69, 9.17) is 21.6 Å². The second kappa shape index (κ2) is 4.65. The van der Waals surface area contributed by atoms with E-state index in [1.807, 2.05) is 6.07 Å². The van der Waals surface area contributed by atoms with Crippen molar-refractivity contribution in [3.05, 3.63) is 53.2 Å². The van der Waals surface area contributed by atoms with E-state index < -0.39 is 0 Å². The van der Waals surface area contributed by atoms with Crippen LogP contribution in [0.15, 0.2) is 42.5 Å². The van der Waals surface area contributed by atoms with E-state index in [0.717, 1.165) is 0 Å². The Morgan fingerprint density at radius 3 is 2.50 bits per heavy atom. The number of rotatable bonds is 2. The molecule has 0 aliphatic heterocycles. The number of hydrogen-bond donors (Lipinski definition) is 0. The summed E-state index contributed by atoms with van der Waals surface area (Å²) < 4.78 is 5.45. The van der Waals surface area contributed by atoms with Gasteiger partial charge < -0.3 is 4.74 Å². The van der Waals surface area contributed by atoms with E-state index in [-0.39, 0.29) is 0 Å². The molecule has 0 aliphatic carbocycles. The Hall–Kier alpha value is -2.05. The van der Waals surface area contributed by atoms with Crippen molar-refractivity contribution < 1.29 is 4.74 Å². The lowest BCUT2D eigenvalue weighted by Gasteiger charge is -2.04. The molecule has 1 heterocycles. The molecule has 3 nitrogen and oxygen atoms in total. The van der Waals surface area contributed by atoms with E-state index in [1.165, 1.54) is 0 Å². The molecule has 1 aromatic heterocycles. The maximum Gasteiger partial charge on any atom is 0.220 e. The first-order chi connectivity index (χ1) is 7.78. The summed E-state index contributed by atoms with van der Waals surface area (Å²) in [6.07, 6.45) is 0. The normalized spacial score (nSPS) is 9.50. The molecular formula is C12H7ClN2O. The first kappa shape index (κ1) is 10.5. The van der Waals surface area contributed by atoms with E-state index >= 15 is 0 Å². The van der Waals surface area contributed by atoms with Gasteiger partial charge in [0.2, 0.25) is 5.88 Å². The van der Waals surface area contributed by atoms with Crippen LogP contribution < -0.4 is 4.74 Å². The highest BCUT2D eigenvalue weighted by atomic mass is 35.5. The molecule has 0 bridgehead atoms. The number of hydrogen-bond acceptors (Lipinski definition) is 3. The predicted octanol–water partition coefficient (Wildman–Crippen LogP) is 3.40. The summed E-state index contributed by atoms with van der Waals surface area (Å²) in [5, 5.41) is 9.01. The van der Waals surface area contributed by atoms with Gasteiger partial charge in [0.1, 0.15) is 10.9 Å². The molecule has 0 saturated carbocycles. The summed E-state index contributed by atoms with van der Waals surface area (Å²) in [5.41, 5.74) is 0.589. The van der Waals surface area contributed by atoms with Gasteiger partial charge in [0.05, 0.1) is 11.6 Å². The summed E-state index contributed by atoms with van der Waals surface area (Å²) in [6, 6.07) is 14.0. The number of benzene rings is 1. The van der Waals surface area contributed by atoms with Gasteiger partial charge in [-0.25, -0.2) is 4.98 Å². The van der Waals surface area contributed by atoms with E-state index in [0.29, 0.717) is 22.3 Å². The van der Waals surface area contributed by atoms with Gasteiger partial charge in [0, 0.05) is 6.07 Å². The molecule has 2 rings (SSSR count). The largest absolute Gasteiger partial charge is 0.439 e. The van der Waals surface area contributed by atoms with Crippen LogP contribution in [0, 0.1) is 11.3 Å². The van der Waals surface area contributed by atoms with Crippen molar-refractivity contribution in [2.24, 2.45) is 0 Å². The average molecular weight is 231 g/mol. The Morgan fingerprint density at radius 1 is 1.12 bits per heavy atom. The van der Waals surface area contributed by atoms with Crippen LogP contribution in [-0.2, 0) is 0 Å². The van der Waals surface area contributed by atoms with Crippen LogP contribution >= 0.6 is 11.6 Å². The first-order valence-corrected chi connectivity index (χ1v) is 4.96. The van der Waals surface area contributed by atoms with Crippen LogP contribution in [0.3, 0.4) is 0 Å². The minimum atomic E-state index is 0.381. The lowest BCUT2D eigenvalue weighted by molar-refractivity contribution is 0.463. The van der Waals surface area contributed by atoms with Gasteiger partial charge in [-0.3, -0.25) is 0 Å². The minimum Gasteiger partial charge on any atom is -0.439 e. The third-order valence-electron chi connectivity index (χ3n) is 1.90. The molecule has 0 atom stereocenters. The summed E-state index contributed by atoms with van der Waals surface area (Å²) in [5.74, 6) is 1.05. The highest BCUT2D eigenvalue weighted by molar-refractivity contribution is 6.29. The van der Waals surface area contributed by atoms with Gasteiger partial charge in [0.25, 0.3) is 0 Å². The van der Waals surface area contributed by atoms with Crippen molar-refractivity contribution in [1.29, 1.82) is 5.26 Å². The standard InChI is InChI=1S/C12H7ClN2O/c13-11-2-1-3-12(15-11)16-10-6-4-9(8-14)5-7-10/h1-7H. The first-order valence-electron chi connectivity index (χ1n) is 4.58. The fourth-order valence-corrected chi connectivity index (χ4v) is 1.32. The summed E-state index contributed by atoms with van der Waals surface area (Å²) in [6.45, 7) is 0. The molecule has 78 valence electrons. The number of pyridine rings is 1. The van der Waals surface area contributed by atoms with Crippen LogP contribution in [-0.4, -0.2) is 4.98 Å². The quantitative estimate of drug-likeness (QED) is 0.743. The second-order valence-electron chi connectivity index (χ2n) is 3.04. The number of ether oxygens (including phenoxy) is 1. The molecule has 0 amide bonds. The van der Waals surface area contributed by atoms with Gasteiger partial charge in [0.15, 0.2) is 0 Å². The zero-order chi connectivity index (χ0) is 11.4. The number of nitriles is 1. The van der Waals surface area contributed by atoms with Gasteiger partial charge in [-0.1, -0.05) is 17.7 Å². The van der Waals surface area contributed by atoms with Crippen molar-refractivity contribution in [2.75, 3.05) is 0 Å². The molecule has 0 saturated heterocycles. The molecule has 2 aromatic rings. The van der Waals surface area contributed by atoms with Crippen LogP contribution in [0.5, 0.6) is 11.6 Å². The lowest BCUT2D eigenvalue weighted by Crippen LogP contribution is -1.87. The minimum absolute atomic E-state index is 0.381. The SMILES string of the molecule is N#Cc1ccc(Oc2cccc(Cl)n2)cc1. The number of nitrogens with zero attached hydrogens (tertiary/aromatic N) is 2. The lowest BCUT2D eigenvalue weighted by atomic mass is 10.2. The van der Waals surface area contributed by atoms with Crippen molar-refractivity contribution in [3.63, 3.8) is 0 Å². The molecule has 1 aromatic carbocycles. The Labute approximate surface area is 97.9 Å². The zero-order valence-corrected chi connectivity index (χ0v) is 8.98. The van der Waals surface area contributed by atoms with Crippen molar-refractivity contribution >= 4 is 11.6 Å². The summed E-state index contributed by atoms with van der Waals surface area (Å²) in [7, 11) is 0. The van der Waals surface area contributed by atoms with Crippen molar-refractivity contribution in [2.45, 2.75) is 0 Å². The van der Waals surface area contributed by atoms with Gasteiger partial charge in [-0.05, 0) is 30.3 Å². The maximum atomic E-state index is 8.63. The Bertz CT molecular complexity index is 531. The summed E-state index contributed by atoms with van der Waals surface area (Å²) in [4.78, 5) is 3.99. The number of aromatic nitrogens is 1. The highest BCUT2D eigenvalue weighted by Crippen LogP contribution is 2.20.